The third-order valence-electron chi connectivity index (χ3n) is 1.35. The van der Waals surface area contributed by atoms with E-state index in [9.17, 15) is 4.79 Å². The van der Waals surface area contributed by atoms with E-state index in [0.29, 0.717) is 5.75 Å². The van der Waals surface area contributed by atoms with Crippen LogP contribution in [0.25, 0.3) is 0 Å². The molecule has 0 saturated carbocycles. The highest BCUT2D eigenvalue weighted by atomic mass is 16.9. The van der Waals surface area contributed by atoms with Crippen molar-refractivity contribution in [3.05, 3.63) is 30.3 Å². The van der Waals surface area contributed by atoms with Crippen LogP contribution in [0.5, 0.6) is 5.75 Å². The van der Waals surface area contributed by atoms with E-state index >= 15 is 0 Å². The van der Waals surface area contributed by atoms with E-state index in [1.807, 2.05) is 18.2 Å². The summed E-state index contributed by atoms with van der Waals surface area (Å²) in [4.78, 5) is 20.6. The monoisotopic (exact) mass is 181 g/mol. The molecule has 4 heteroatoms. The summed E-state index contributed by atoms with van der Waals surface area (Å²) in [6.07, 6.45) is 0. The Morgan fingerprint density at radius 2 is 1.92 bits per heavy atom. The van der Waals surface area contributed by atoms with Gasteiger partial charge in [0.1, 0.15) is 0 Å². The molecule has 13 heavy (non-hydrogen) atoms. The van der Waals surface area contributed by atoms with Gasteiger partial charge in [-0.25, -0.2) is 4.84 Å². The van der Waals surface area contributed by atoms with E-state index in [0.717, 1.165) is 5.23 Å². The zero-order chi connectivity index (χ0) is 9.68. The zero-order valence-corrected chi connectivity index (χ0v) is 7.56. The Balaban J connectivity index is 2.62. The normalized spacial score (nSPS) is 9.38. The average molecular weight is 181 g/mol. The fourth-order valence-corrected chi connectivity index (χ4v) is 0.807. The second-order valence-electron chi connectivity index (χ2n) is 2.36. The fourth-order valence-electron chi connectivity index (χ4n) is 0.807. The highest BCUT2D eigenvalue weighted by molar-refractivity contribution is 5.71. The Hall–Kier alpha value is -1.55. The van der Waals surface area contributed by atoms with Crippen LogP contribution in [0.1, 0.15) is 6.92 Å². The van der Waals surface area contributed by atoms with Crippen LogP contribution < -0.4 is 4.84 Å². The molecule has 4 nitrogen and oxygen atoms in total. The minimum absolute atomic E-state index is 0.314. The summed E-state index contributed by atoms with van der Waals surface area (Å²) in [6, 6.07) is 8.94. The molecule has 0 unspecified atom stereocenters. The summed E-state index contributed by atoms with van der Waals surface area (Å²) in [5, 5.41) is 0.815. The van der Waals surface area contributed by atoms with Gasteiger partial charge in [-0.3, -0.25) is 4.79 Å². The van der Waals surface area contributed by atoms with E-state index in [2.05, 4.69) is 4.84 Å². The first-order valence-electron chi connectivity index (χ1n) is 3.82. The van der Waals surface area contributed by atoms with Crippen molar-refractivity contribution in [1.82, 2.24) is 5.23 Å². The highest BCUT2D eigenvalue weighted by Gasteiger charge is 2.08. The smallest absolute Gasteiger partial charge is 0.281 e. The van der Waals surface area contributed by atoms with E-state index in [4.69, 9.17) is 4.84 Å². The molecular weight excluding hydrogens is 170 g/mol. The molecule has 1 aromatic rings. The summed E-state index contributed by atoms with van der Waals surface area (Å²) in [5.74, 6) is 0.242. The van der Waals surface area contributed by atoms with Crippen LogP contribution in [-0.2, 0) is 9.63 Å². The molecule has 0 N–H and O–H groups in total. The number of nitrogens with zero attached hydrogens (tertiary/aromatic N) is 1. The molecule has 0 aliphatic rings. The van der Waals surface area contributed by atoms with Gasteiger partial charge in [-0.05, 0) is 17.4 Å². The van der Waals surface area contributed by atoms with Gasteiger partial charge in [-0.2, -0.15) is 0 Å². The first kappa shape index (κ1) is 9.54. The van der Waals surface area contributed by atoms with E-state index in [1.165, 1.54) is 14.0 Å². The first-order chi connectivity index (χ1) is 6.24. The van der Waals surface area contributed by atoms with Gasteiger partial charge in [0.15, 0.2) is 5.75 Å². The number of amides is 1. The van der Waals surface area contributed by atoms with Gasteiger partial charge in [0.2, 0.25) is 0 Å². The minimum Gasteiger partial charge on any atom is -0.351 e. The van der Waals surface area contributed by atoms with Gasteiger partial charge in [0, 0.05) is 6.92 Å². The number of hydroxylamine groups is 2. The predicted octanol–water partition coefficient (Wildman–Crippen LogP) is 1.39. The third-order valence-corrected chi connectivity index (χ3v) is 1.35. The number of carbonyl (C=O) groups is 1. The second kappa shape index (κ2) is 4.47. The molecule has 0 bridgehead atoms. The van der Waals surface area contributed by atoms with Crippen LogP contribution in [0.15, 0.2) is 30.3 Å². The van der Waals surface area contributed by atoms with Crippen LogP contribution in [0, 0.1) is 0 Å². The summed E-state index contributed by atoms with van der Waals surface area (Å²) in [5.41, 5.74) is 0. The van der Waals surface area contributed by atoms with Crippen LogP contribution >= 0.6 is 0 Å². The molecule has 0 radical (unpaired) electrons. The van der Waals surface area contributed by atoms with Crippen molar-refractivity contribution >= 4 is 5.91 Å². The lowest BCUT2D eigenvalue weighted by atomic mass is 10.3. The zero-order valence-electron chi connectivity index (χ0n) is 7.56. The quantitative estimate of drug-likeness (QED) is 0.661. The number of hydrogen-bond donors (Lipinski definition) is 0. The fraction of sp³-hybridized carbons (Fsp3) is 0.222. The minimum atomic E-state index is -0.314. The lowest BCUT2D eigenvalue weighted by molar-refractivity contribution is -0.280. The maximum absolute atomic E-state index is 10.9. The molecule has 1 aromatic carbocycles. The number of hydrogen-bond acceptors (Lipinski definition) is 3. The molecule has 0 aromatic heterocycles. The SMILES string of the molecule is CON(Oc1ccccc1)C(C)=O. The Morgan fingerprint density at radius 1 is 1.31 bits per heavy atom. The first-order valence-corrected chi connectivity index (χ1v) is 3.82. The second-order valence-corrected chi connectivity index (χ2v) is 2.36. The van der Waals surface area contributed by atoms with Crippen LogP contribution in [-0.4, -0.2) is 18.2 Å². The number of benzene rings is 1. The Kier molecular flexibility index (Phi) is 3.28. The van der Waals surface area contributed by atoms with Crippen molar-refractivity contribution in [3.63, 3.8) is 0 Å². The molecule has 0 aliphatic heterocycles. The molecule has 0 fully saturated rings. The van der Waals surface area contributed by atoms with Crippen LogP contribution in [0.2, 0.25) is 0 Å². The van der Waals surface area contributed by atoms with Crippen molar-refractivity contribution in [2.45, 2.75) is 6.92 Å². The molecule has 0 atom stereocenters. The van der Waals surface area contributed by atoms with Gasteiger partial charge >= 0.3 is 0 Å². The third kappa shape index (κ3) is 2.76. The summed E-state index contributed by atoms with van der Waals surface area (Å²) in [7, 11) is 1.37. The average Bonchev–Trinajstić information content (AvgIpc) is 2.15. The standard InChI is InChI=1S/C9H11NO3/c1-8(11)10(12-2)13-9-6-4-3-5-7-9/h3-7H,1-2H3. The summed E-state index contributed by atoms with van der Waals surface area (Å²) >= 11 is 0. The summed E-state index contributed by atoms with van der Waals surface area (Å²) < 4.78 is 0. The lowest BCUT2D eigenvalue weighted by Crippen LogP contribution is -2.30. The van der Waals surface area contributed by atoms with E-state index < -0.39 is 0 Å². The topological polar surface area (TPSA) is 38.8 Å². The van der Waals surface area contributed by atoms with Crippen molar-refractivity contribution in [2.75, 3.05) is 7.11 Å². The highest BCUT2D eigenvalue weighted by Crippen LogP contribution is 2.10. The van der Waals surface area contributed by atoms with E-state index in [-0.39, 0.29) is 5.91 Å². The van der Waals surface area contributed by atoms with Gasteiger partial charge in [-0.15, -0.1) is 0 Å². The van der Waals surface area contributed by atoms with Crippen molar-refractivity contribution in [1.29, 1.82) is 0 Å². The molecule has 1 amide bonds. The lowest BCUT2D eigenvalue weighted by Gasteiger charge is -2.16. The molecule has 0 spiro atoms. The van der Waals surface area contributed by atoms with Gasteiger partial charge in [0.05, 0.1) is 7.11 Å². The van der Waals surface area contributed by atoms with E-state index in [1.54, 1.807) is 12.1 Å². The number of carbonyl (C=O) groups excluding carboxylic acids is 1. The van der Waals surface area contributed by atoms with Gasteiger partial charge in [0.25, 0.3) is 5.91 Å². The maximum Gasteiger partial charge on any atom is 0.281 e. The van der Waals surface area contributed by atoms with Crippen LogP contribution in [0.3, 0.4) is 0 Å². The predicted molar refractivity (Wildman–Crippen MR) is 46.6 cm³/mol. The number of rotatable bonds is 3. The maximum atomic E-state index is 10.9. The molecule has 0 saturated heterocycles. The number of para-hydroxylation sites is 1. The Bertz CT molecular complexity index is 273. The van der Waals surface area contributed by atoms with Crippen molar-refractivity contribution in [3.8, 4) is 5.75 Å². The molecule has 0 heterocycles. The van der Waals surface area contributed by atoms with Crippen LogP contribution in [0.4, 0.5) is 0 Å². The molecular formula is C9H11NO3. The Morgan fingerprint density at radius 3 is 2.38 bits per heavy atom. The molecule has 0 aliphatic carbocycles. The van der Waals surface area contributed by atoms with Crippen molar-refractivity contribution < 1.29 is 14.5 Å². The largest absolute Gasteiger partial charge is 0.351 e. The van der Waals surface area contributed by atoms with Gasteiger partial charge < -0.3 is 4.84 Å². The summed E-state index contributed by atoms with van der Waals surface area (Å²) in [6.45, 7) is 1.35. The molecule has 70 valence electrons. The molecule has 1 rings (SSSR count). The van der Waals surface area contributed by atoms with Gasteiger partial charge in [-0.1, -0.05) is 18.2 Å². The Labute approximate surface area is 76.6 Å². The van der Waals surface area contributed by atoms with Crippen molar-refractivity contribution in [2.24, 2.45) is 0 Å².